The van der Waals surface area contributed by atoms with Crippen LogP contribution in [-0.2, 0) is 9.53 Å². The maximum absolute atomic E-state index is 11.9. The quantitative estimate of drug-likeness (QED) is 0.391. The smallest absolute Gasteiger partial charge is 0.318 e. The van der Waals surface area contributed by atoms with Gasteiger partial charge in [0.15, 0.2) is 6.04 Å². The Hall–Kier alpha value is -2.04. The van der Waals surface area contributed by atoms with Crippen molar-refractivity contribution in [2.75, 3.05) is 0 Å². The summed E-state index contributed by atoms with van der Waals surface area (Å²) in [5.41, 5.74) is 8.30. The van der Waals surface area contributed by atoms with Crippen LogP contribution in [0.1, 0.15) is 32.4 Å². The lowest BCUT2D eigenvalue weighted by Crippen LogP contribution is -2.34. The number of hydrogen-bond donors (Lipinski definition) is 1. The van der Waals surface area contributed by atoms with E-state index < -0.39 is 23.7 Å². The molecule has 0 radical (unpaired) electrons. The molecule has 1 N–H and O–H groups in total. The highest BCUT2D eigenvalue weighted by Crippen LogP contribution is 2.22. The van der Waals surface area contributed by atoms with Crippen LogP contribution in [0.2, 0.25) is 0 Å². The number of azide groups is 1. The Morgan fingerprint density at radius 2 is 1.95 bits per heavy atom. The van der Waals surface area contributed by atoms with Crippen LogP contribution < -0.4 is 0 Å². The van der Waals surface area contributed by atoms with E-state index in [0.29, 0.717) is 5.56 Å². The molecule has 0 aliphatic rings. The Morgan fingerprint density at radius 3 is 2.42 bits per heavy atom. The summed E-state index contributed by atoms with van der Waals surface area (Å²) in [6.45, 7) is 5.10. The molecule has 102 valence electrons. The molecule has 0 fully saturated rings. The van der Waals surface area contributed by atoms with Crippen molar-refractivity contribution in [2.24, 2.45) is 5.11 Å². The lowest BCUT2D eigenvalue weighted by Gasteiger charge is -2.24. The molecule has 0 spiro atoms. The van der Waals surface area contributed by atoms with Gasteiger partial charge in [-0.15, -0.1) is 0 Å². The summed E-state index contributed by atoms with van der Waals surface area (Å²) >= 11 is 0. The molecule has 19 heavy (non-hydrogen) atoms. The second kappa shape index (κ2) is 6.22. The Labute approximate surface area is 111 Å². The van der Waals surface area contributed by atoms with Crippen molar-refractivity contribution in [1.82, 2.24) is 0 Å². The van der Waals surface area contributed by atoms with Crippen molar-refractivity contribution in [2.45, 2.75) is 38.5 Å². The van der Waals surface area contributed by atoms with Gasteiger partial charge in [0.05, 0.1) is 6.10 Å². The van der Waals surface area contributed by atoms with E-state index >= 15 is 0 Å². The molecule has 1 rings (SSSR count). The molecular formula is C13H17N3O3. The van der Waals surface area contributed by atoms with E-state index in [2.05, 4.69) is 10.0 Å². The average Bonchev–Trinajstić information content (AvgIpc) is 2.34. The number of rotatable bonds is 4. The highest BCUT2D eigenvalue weighted by atomic mass is 16.6. The molecule has 1 aromatic carbocycles. The third kappa shape index (κ3) is 4.62. The predicted octanol–water partition coefficient (Wildman–Crippen LogP) is 2.74. The number of carbonyl (C=O) groups excluding carboxylic acids is 1. The van der Waals surface area contributed by atoms with Gasteiger partial charge in [-0.25, -0.2) is 0 Å². The van der Waals surface area contributed by atoms with Gasteiger partial charge in [0.25, 0.3) is 0 Å². The molecule has 0 saturated carbocycles. The van der Waals surface area contributed by atoms with Crippen LogP contribution >= 0.6 is 0 Å². The Morgan fingerprint density at radius 1 is 1.37 bits per heavy atom. The second-order valence-corrected chi connectivity index (χ2v) is 5.04. The fourth-order valence-corrected chi connectivity index (χ4v) is 1.49. The molecule has 0 bridgehead atoms. The topological polar surface area (TPSA) is 95.3 Å². The van der Waals surface area contributed by atoms with Crippen molar-refractivity contribution in [3.63, 3.8) is 0 Å². The molecule has 0 aliphatic carbocycles. The van der Waals surface area contributed by atoms with Crippen LogP contribution in [-0.4, -0.2) is 22.7 Å². The number of hydrogen-bond acceptors (Lipinski definition) is 4. The summed E-state index contributed by atoms with van der Waals surface area (Å²) in [4.78, 5) is 14.5. The normalized spacial score (nSPS) is 14.1. The largest absolute Gasteiger partial charge is 0.460 e. The van der Waals surface area contributed by atoms with Crippen molar-refractivity contribution >= 4 is 5.97 Å². The number of nitrogens with zero attached hydrogens (tertiary/aromatic N) is 3. The van der Waals surface area contributed by atoms with Gasteiger partial charge < -0.3 is 9.84 Å². The Balaban J connectivity index is 2.95. The summed E-state index contributed by atoms with van der Waals surface area (Å²) in [6.07, 6.45) is -1.23. The molecular weight excluding hydrogens is 246 g/mol. The van der Waals surface area contributed by atoms with Crippen molar-refractivity contribution in [1.29, 1.82) is 0 Å². The number of aliphatic hydroxyl groups excluding tert-OH is 1. The van der Waals surface area contributed by atoms with Crippen LogP contribution in [0.3, 0.4) is 0 Å². The molecule has 2 atom stereocenters. The van der Waals surface area contributed by atoms with E-state index in [1.54, 1.807) is 51.1 Å². The lowest BCUT2D eigenvalue weighted by atomic mass is 10.0. The van der Waals surface area contributed by atoms with E-state index in [1.807, 2.05) is 0 Å². The standard InChI is InChI=1S/C13H17N3O3/c1-13(2,3)19-12(18)10(15-16-14)11(17)9-7-5-4-6-8-9/h4-8,10-11,17H,1-3H3/t10-,11+/m0/s1. The van der Waals surface area contributed by atoms with Gasteiger partial charge in [-0.1, -0.05) is 35.4 Å². The summed E-state index contributed by atoms with van der Waals surface area (Å²) in [5.74, 6) is -0.748. The van der Waals surface area contributed by atoms with Crippen molar-refractivity contribution in [3.8, 4) is 0 Å². The minimum atomic E-state index is -1.30. The summed E-state index contributed by atoms with van der Waals surface area (Å²) < 4.78 is 5.13. The molecule has 6 nitrogen and oxygen atoms in total. The monoisotopic (exact) mass is 263 g/mol. The second-order valence-electron chi connectivity index (χ2n) is 5.04. The van der Waals surface area contributed by atoms with Crippen LogP contribution in [0.25, 0.3) is 10.4 Å². The molecule has 0 aromatic heterocycles. The SMILES string of the molecule is CC(C)(C)OC(=O)[C@@H](N=[N+]=[N-])[C@H](O)c1ccccc1. The van der Waals surface area contributed by atoms with Gasteiger partial charge in [-0.2, -0.15) is 0 Å². The predicted molar refractivity (Wildman–Crippen MR) is 70.2 cm³/mol. The van der Waals surface area contributed by atoms with Gasteiger partial charge in [-0.05, 0) is 31.9 Å². The number of esters is 1. The van der Waals surface area contributed by atoms with Crippen LogP contribution in [0.5, 0.6) is 0 Å². The first-order chi connectivity index (χ1) is 8.85. The number of carbonyl (C=O) groups is 1. The molecule has 0 aliphatic heterocycles. The van der Waals surface area contributed by atoms with Crippen molar-refractivity contribution < 1.29 is 14.6 Å². The van der Waals surface area contributed by atoms with Gasteiger partial charge in [0, 0.05) is 4.91 Å². The first-order valence-electron chi connectivity index (χ1n) is 5.85. The van der Waals surface area contributed by atoms with E-state index in [0.717, 1.165) is 0 Å². The highest BCUT2D eigenvalue weighted by molar-refractivity contribution is 5.77. The third-order valence-electron chi connectivity index (χ3n) is 2.26. The molecule has 0 unspecified atom stereocenters. The number of aliphatic hydroxyl groups is 1. The third-order valence-corrected chi connectivity index (χ3v) is 2.26. The van der Waals surface area contributed by atoms with E-state index in [9.17, 15) is 9.90 Å². The summed E-state index contributed by atoms with van der Waals surface area (Å²) in [6, 6.07) is 7.23. The van der Waals surface area contributed by atoms with Gasteiger partial charge in [0.2, 0.25) is 0 Å². The maximum atomic E-state index is 11.9. The van der Waals surface area contributed by atoms with E-state index in [1.165, 1.54) is 0 Å². The minimum Gasteiger partial charge on any atom is -0.460 e. The first-order valence-corrected chi connectivity index (χ1v) is 5.85. The van der Waals surface area contributed by atoms with E-state index in [4.69, 9.17) is 10.3 Å². The molecule has 0 saturated heterocycles. The number of benzene rings is 1. The number of ether oxygens (including phenoxy) is 1. The van der Waals surface area contributed by atoms with E-state index in [-0.39, 0.29) is 0 Å². The van der Waals surface area contributed by atoms with Crippen molar-refractivity contribution in [3.05, 3.63) is 46.3 Å². The summed E-state index contributed by atoms with van der Waals surface area (Å²) in [7, 11) is 0. The molecule has 1 aromatic rings. The fourth-order valence-electron chi connectivity index (χ4n) is 1.49. The molecule has 0 amide bonds. The Kier molecular flexibility index (Phi) is 4.92. The maximum Gasteiger partial charge on any atom is 0.318 e. The van der Waals surface area contributed by atoms with Gasteiger partial charge in [-0.3, -0.25) is 4.79 Å². The van der Waals surface area contributed by atoms with Gasteiger partial charge in [0.1, 0.15) is 5.60 Å². The van der Waals surface area contributed by atoms with Gasteiger partial charge >= 0.3 is 5.97 Å². The Bertz CT molecular complexity index is 476. The first kappa shape index (κ1) is 15.0. The van der Waals surface area contributed by atoms with Crippen LogP contribution in [0.4, 0.5) is 0 Å². The fraction of sp³-hybridized carbons (Fsp3) is 0.462. The average molecular weight is 263 g/mol. The molecule has 0 heterocycles. The zero-order chi connectivity index (χ0) is 14.5. The zero-order valence-electron chi connectivity index (χ0n) is 11.1. The van der Waals surface area contributed by atoms with Crippen LogP contribution in [0, 0.1) is 0 Å². The molecule has 6 heteroatoms. The minimum absolute atomic E-state index is 0.491. The summed E-state index contributed by atoms with van der Waals surface area (Å²) in [5, 5.41) is 13.5. The highest BCUT2D eigenvalue weighted by Gasteiger charge is 2.31. The lowest BCUT2D eigenvalue weighted by molar-refractivity contribution is -0.159. The van der Waals surface area contributed by atoms with Crippen LogP contribution in [0.15, 0.2) is 35.4 Å². The zero-order valence-corrected chi connectivity index (χ0v) is 11.1.